The molecule has 0 bridgehead atoms. The van der Waals surface area contributed by atoms with Crippen molar-refractivity contribution in [3.63, 3.8) is 0 Å². The largest absolute Gasteiger partial charge is 0.385 e. The molecule has 0 saturated carbocycles. The first kappa shape index (κ1) is 14.9. The second kappa shape index (κ2) is 6.28. The summed E-state index contributed by atoms with van der Waals surface area (Å²) in [6.45, 7) is 2.81. The summed E-state index contributed by atoms with van der Waals surface area (Å²) in [5.74, 6) is -1.85. The monoisotopic (exact) mass is 284 g/mol. The van der Waals surface area contributed by atoms with E-state index in [-0.39, 0.29) is 11.9 Å². The van der Waals surface area contributed by atoms with Crippen LogP contribution in [0.25, 0.3) is 0 Å². The van der Waals surface area contributed by atoms with E-state index in [1.54, 1.807) is 18.9 Å². The maximum absolute atomic E-state index is 13.3. The van der Waals surface area contributed by atoms with Gasteiger partial charge in [0.15, 0.2) is 11.6 Å². The second-order valence-electron chi connectivity index (χ2n) is 4.84. The van der Waals surface area contributed by atoms with Crippen molar-refractivity contribution in [2.45, 2.75) is 25.6 Å². The molecule has 1 aromatic rings. The minimum absolute atomic E-state index is 0.0455. The normalized spacial score (nSPS) is 22.6. The number of ether oxygens (including phenoxy) is 1. The van der Waals surface area contributed by atoms with E-state index in [4.69, 9.17) is 4.74 Å². The van der Waals surface area contributed by atoms with E-state index in [1.807, 2.05) is 0 Å². The maximum Gasteiger partial charge on any atom is 0.241 e. The summed E-state index contributed by atoms with van der Waals surface area (Å²) < 4.78 is 31.3. The van der Waals surface area contributed by atoms with Crippen molar-refractivity contribution in [1.82, 2.24) is 10.2 Å². The van der Waals surface area contributed by atoms with Gasteiger partial charge in [-0.3, -0.25) is 10.1 Å². The Labute approximate surface area is 116 Å². The zero-order valence-electron chi connectivity index (χ0n) is 11.5. The van der Waals surface area contributed by atoms with Crippen LogP contribution in [0.5, 0.6) is 0 Å². The standard InChI is InChI=1S/C14H18F2N2O2/c1-9-14(19)18(6-3-7-20-2)13(17-9)10-4-5-11(15)12(16)8-10/h4-5,8-9,13,17H,3,6-7H2,1-2H3. The van der Waals surface area contributed by atoms with E-state index in [2.05, 4.69) is 5.32 Å². The van der Waals surface area contributed by atoms with Gasteiger partial charge in [-0.15, -0.1) is 0 Å². The van der Waals surface area contributed by atoms with Crippen LogP contribution in [0.15, 0.2) is 18.2 Å². The van der Waals surface area contributed by atoms with Crippen LogP contribution in [0.4, 0.5) is 8.78 Å². The van der Waals surface area contributed by atoms with Crippen LogP contribution in [0.2, 0.25) is 0 Å². The Morgan fingerprint density at radius 1 is 1.35 bits per heavy atom. The molecular weight excluding hydrogens is 266 g/mol. The van der Waals surface area contributed by atoms with Gasteiger partial charge in [0.05, 0.1) is 6.04 Å². The smallest absolute Gasteiger partial charge is 0.241 e. The first-order valence-electron chi connectivity index (χ1n) is 6.55. The molecule has 1 aromatic carbocycles. The lowest BCUT2D eigenvalue weighted by molar-refractivity contribution is -0.130. The third-order valence-corrected chi connectivity index (χ3v) is 3.38. The molecule has 110 valence electrons. The number of hydrogen-bond acceptors (Lipinski definition) is 3. The molecule has 1 heterocycles. The van der Waals surface area contributed by atoms with Gasteiger partial charge in [-0.05, 0) is 31.0 Å². The highest BCUT2D eigenvalue weighted by molar-refractivity contribution is 5.84. The third kappa shape index (κ3) is 2.96. The third-order valence-electron chi connectivity index (χ3n) is 3.38. The molecule has 0 aliphatic carbocycles. The number of hydrogen-bond donors (Lipinski definition) is 1. The summed E-state index contributed by atoms with van der Waals surface area (Å²) in [6, 6.07) is 3.36. The Morgan fingerprint density at radius 2 is 2.10 bits per heavy atom. The lowest BCUT2D eigenvalue weighted by atomic mass is 10.1. The molecule has 1 fully saturated rings. The van der Waals surface area contributed by atoms with E-state index in [0.717, 1.165) is 12.1 Å². The van der Waals surface area contributed by atoms with Gasteiger partial charge < -0.3 is 9.64 Å². The molecule has 2 unspecified atom stereocenters. The van der Waals surface area contributed by atoms with Crippen molar-refractivity contribution < 1.29 is 18.3 Å². The minimum atomic E-state index is -0.909. The lowest BCUT2D eigenvalue weighted by Gasteiger charge is -2.24. The SMILES string of the molecule is COCCCN1C(=O)C(C)NC1c1ccc(F)c(F)c1. The van der Waals surface area contributed by atoms with Crippen molar-refractivity contribution in [2.24, 2.45) is 0 Å². The summed E-state index contributed by atoms with van der Waals surface area (Å²) in [7, 11) is 1.60. The van der Waals surface area contributed by atoms with Gasteiger partial charge in [0.1, 0.15) is 6.17 Å². The number of nitrogens with one attached hydrogen (secondary N) is 1. The average molecular weight is 284 g/mol. The molecular formula is C14H18F2N2O2. The number of amides is 1. The molecule has 1 amide bonds. The molecule has 4 nitrogen and oxygen atoms in total. The maximum atomic E-state index is 13.3. The molecule has 1 aliphatic heterocycles. The van der Waals surface area contributed by atoms with Crippen LogP contribution in [0, 0.1) is 11.6 Å². The van der Waals surface area contributed by atoms with Crippen LogP contribution < -0.4 is 5.32 Å². The van der Waals surface area contributed by atoms with E-state index < -0.39 is 17.8 Å². The molecule has 0 radical (unpaired) electrons. The summed E-state index contributed by atoms with van der Waals surface area (Å²) in [4.78, 5) is 13.7. The Bertz CT molecular complexity index is 496. The Kier molecular flexibility index (Phi) is 4.67. The summed E-state index contributed by atoms with van der Waals surface area (Å²) in [5.41, 5.74) is 0.541. The predicted octanol–water partition coefficient (Wildman–Crippen LogP) is 1.82. The average Bonchev–Trinajstić information content (AvgIpc) is 2.70. The topological polar surface area (TPSA) is 41.6 Å². The van der Waals surface area contributed by atoms with E-state index in [1.165, 1.54) is 6.07 Å². The Balaban J connectivity index is 2.18. The number of methoxy groups -OCH3 is 1. The van der Waals surface area contributed by atoms with Crippen molar-refractivity contribution in [3.05, 3.63) is 35.4 Å². The fourth-order valence-corrected chi connectivity index (χ4v) is 2.35. The van der Waals surface area contributed by atoms with Gasteiger partial charge in [-0.1, -0.05) is 6.07 Å². The first-order chi connectivity index (χ1) is 9.54. The molecule has 20 heavy (non-hydrogen) atoms. The van der Waals surface area contributed by atoms with Gasteiger partial charge in [-0.2, -0.15) is 0 Å². The fourth-order valence-electron chi connectivity index (χ4n) is 2.35. The number of benzene rings is 1. The van der Waals surface area contributed by atoms with Gasteiger partial charge in [0, 0.05) is 20.3 Å². The molecule has 6 heteroatoms. The van der Waals surface area contributed by atoms with Crippen molar-refractivity contribution in [3.8, 4) is 0 Å². The number of rotatable bonds is 5. The fraction of sp³-hybridized carbons (Fsp3) is 0.500. The van der Waals surface area contributed by atoms with Crippen LogP contribution >= 0.6 is 0 Å². The number of halogens is 2. The zero-order valence-corrected chi connectivity index (χ0v) is 11.5. The molecule has 0 spiro atoms. The van der Waals surface area contributed by atoms with Gasteiger partial charge in [0.2, 0.25) is 5.91 Å². The van der Waals surface area contributed by atoms with Gasteiger partial charge in [0.25, 0.3) is 0 Å². The molecule has 0 aromatic heterocycles. The number of nitrogens with zero attached hydrogens (tertiary/aromatic N) is 1. The summed E-state index contributed by atoms with van der Waals surface area (Å²) >= 11 is 0. The van der Waals surface area contributed by atoms with Crippen LogP contribution in [0.3, 0.4) is 0 Å². The highest BCUT2D eigenvalue weighted by Gasteiger charge is 2.36. The molecule has 1 saturated heterocycles. The molecule has 2 atom stereocenters. The van der Waals surface area contributed by atoms with Crippen molar-refractivity contribution in [1.29, 1.82) is 0 Å². The zero-order chi connectivity index (χ0) is 14.7. The van der Waals surface area contributed by atoms with Crippen molar-refractivity contribution in [2.75, 3.05) is 20.3 Å². The number of carbonyl (C=O) groups excluding carboxylic acids is 1. The van der Waals surface area contributed by atoms with Crippen LogP contribution in [0.1, 0.15) is 25.1 Å². The molecule has 1 N–H and O–H groups in total. The predicted molar refractivity (Wildman–Crippen MR) is 69.9 cm³/mol. The highest BCUT2D eigenvalue weighted by Crippen LogP contribution is 2.26. The highest BCUT2D eigenvalue weighted by atomic mass is 19.2. The van der Waals surface area contributed by atoms with E-state index in [0.29, 0.717) is 25.1 Å². The first-order valence-corrected chi connectivity index (χ1v) is 6.55. The van der Waals surface area contributed by atoms with Crippen LogP contribution in [-0.2, 0) is 9.53 Å². The minimum Gasteiger partial charge on any atom is -0.385 e. The number of carbonyl (C=O) groups is 1. The summed E-state index contributed by atoms with van der Waals surface area (Å²) in [5, 5.41) is 3.09. The summed E-state index contributed by atoms with van der Waals surface area (Å²) in [6.07, 6.45) is 0.265. The Hall–Kier alpha value is -1.53. The van der Waals surface area contributed by atoms with Crippen LogP contribution in [-0.4, -0.2) is 37.1 Å². The van der Waals surface area contributed by atoms with E-state index in [9.17, 15) is 13.6 Å². The molecule has 2 rings (SSSR count). The molecule has 1 aliphatic rings. The van der Waals surface area contributed by atoms with Gasteiger partial charge >= 0.3 is 0 Å². The lowest BCUT2D eigenvalue weighted by Crippen LogP contribution is -2.32. The quantitative estimate of drug-likeness (QED) is 0.839. The van der Waals surface area contributed by atoms with Gasteiger partial charge in [-0.25, -0.2) is 8.78 Å². The van der Waals surface area contributed by atoms with Crippen molar-refractivity contribution >= 4 is 5.91 Å². The second-order valence-corrected chi connectivity index (χ2v) is 4.84. The van der Waals surface area contributed by atoms with E-state index >= 15 is 0 Å². The Morgan fingerprint density at radius 3 is 2.75 bits per heavy atom.